The summed E-state index contributed by atoms with van der Waals surface area (Å²) in [6.45, 7) is 2.60. The number of nitrogens with zero attached hydrogens (tertiary/aromatic N) is 2. The van der Waals surface area contributed by atoms with E-state index in [4.69, 9.17) is 9.47 Å². The first-order chi connectivity index (χ1) is 22.5. The van der Waals surface area contributed by atoms with Gasteiger partial charge in [0.15, 0.2) is 11.4 Å². The van der Waals surface area contributed by atoms with E-state index in [1.54, 1.807) is 11.8 Å². The molecule has 1 aromatic heterocycles. The fraction of sp³-hybridized carbons (Fsp3) is 0.371. The number of thioether (sulfide) groups is 1. The maximum Gasteiger partial charge on any atom is 0.220 e. The van der Waals surface area contributed by atoms with Crippen LogP contribution in [0.5, 0.6) is 0 Å². The molecule has 2 heterocycles. The molecule has 242 valence electrons. The molecule has 0 unspecified atom stereocenters. The van der Waals surface area contributed by atoms with E-state index < -0.39 is 6.29 Å². The lowest BCUT2D eigenvalue weighted by Crippen LogP contribution is -2.31. The second-order valence-electron chi connectivity index (χ2n) is 11.3. The Hall–Kier alpha value is -4.03. The van der Waals surface area contributed by atoms with E-state index in [0.29, 0.717) is 31.7 Å². The van der Waals surface area contributed by atoms with Crippen molar-refractivity contribution in [3.05, 3.63) is 101 Å². The number of hydrogen-bond donors (Lipinski definition) is 4. The number of unbranched alkanes of at least 4 members (excludes halogenated alkanes) is 2. The standard InChI is InChI=1S/C35H41N5O5S/c1-24(42)36-16-4-2-3-11-33(43)37-20-26-7-5-8-28(17-26)29-9-6-10-30(18-29)34-44-31(22-46-35-38-23-39-40-35)19-32(45-34)27-14-12-25(21-41)13-15-27/h5-10,12-15,17-18,23,31-32,34,41H,2-4,11,16,19-22H2,1H3,(H,36,42)(H,37,43)(H,38,39,40)/t31-,32+,34+/m0/s1. The summed E-state index contributed by atoms with van der Waals surface area (Å²) < 4.78 is 13.0. The Balaban J connectivity index is 1.23. The molecule has 0 bridgehead atoms. The summed E-state index contributed by atoms with van der Waals surface area (Å²) in [4.78, 5) is 27.6. The van der Waals surface area contributed by atoms with Crippen molar-refractivity contribution in [2.75, 3.05) is 12.3 Å². The van der Waals surface area contributed by atoms with Gasteiger partial charge in [-0.1, -0.05) is 78.8 Å². The average molecular weight is 644 g/mol. The van der Waals surface area contributed by atoms with Crippen molar-refractivity contribution >= 4 is 23.6 Å². The minimum absolute atomic E-state index is 0.00350. The third-order valence-electron chi connectivity index (χ3n) is 7.78. The molecule has 0 radical (unpaired) electrons. The van der Waals surface area contributed by atoms with Crippen LogP contribution in [-0.4, -0.2) is 50.5 Å². The van der Waals surface area contributed by atoms with Gasteiger partial charge in [0.1, 0.15) is 6.33 Å². The molecule has 3 atom stereocenters. The molecular weight excluding hydrogens is 602 g/mol. The predicted octanol–water partition coefficient (Wildman–Crippen LogP) is 5.61. The number of benzene rings is 3. The van der Waals surface area contributed by atoms with E-state index >= 15 is 0 Å². The van der Waals surface area contributed by atoms with Gasteiger partial charge >= 0.3 is 0 Å². The number of rotatable bonds is 15. The highest BCUT2D eigenvalue weighted by molar-refractivity contribution is 7.99. The van der Waals surface area contributed by atoms with Gasteiger partial charge in [-0.25, -0.2) is 4.98 Å². The first-order valence-electron chi connectivity index (χ1n) is 15.7. The molecule has 1 aliphatic heterocycles. The summed E-state index contributed by atoms with van der Waals surface area (Å²) in [6, 6.07) is 24.2. The number of aromatic amines is 1. The van der Waals surface area contributed by atoms with E-state index in [-0.39, 0.29) is 30.6 Å². The van der Waals surface area contributed by atoms with Crippen LogP contribution in [0.2, 0.25) is 0 Å². The Morgan fingerprint density at radius 1 is 0.935 bits per heavy atom. The molecule has 0 saturated carbocycles. The molecule has 4 aromatic rings. The SMILES string of the molecule is CC(=O)NCCCCCC(=O)NCc1cccc(-c2cccc([C@@H]3O[C@H](CSc4ncn[nH]4)C[C@H](c4ccc(CO)cc4)O3)c2)c1. The lowest BCUT2D eigenvalue weighted by Gasteiger charge is -2.36. The molecule has 3 aromatic carbocycles. The van der Waals surface area contributed by atoms with Crippen LogP contribution in [-0.2, 0) is 32.2 Å². The Morgan fingerprint density at radius 3 is 2.50 bits per heavy atom. The van der Waals surface area contributed by atoms with Crippen LogP contribution >= 0.6 is 11.8 Å². The fourth-order valence-electron chi connectivity index (χ4n) is 5.32. The second-order valence-corrected chi connectivity index (χ2v) is 12.4. The summed E-state index contributed by atoms with van der Waals surface area (Å²) >= 11 is 1.56. The van der Waals surface area contributed by atoms with Crippen LogP contribution in [0.25, 0.3) is 11.1 Å². The van der Waals surface area contributed by atoms with Gasteiger partial charge in [-0.2, -0.15) is 5.10 Å². The number of carbonyl (C=O) groups excluding carboxylic acids is 2. The highest BCUT2D eigenvalue weighted by atomic mass is 32.2. The Morgan fingerprint density at radius 2 is 1.74 bits per heavy atom. The monoisotopic (exact) mass is 643 g/mol. The summed E-state index contributed by atoms with van der Waals surface area (Å²) in [7, 11) is 0. The van der Waals surface area contributed by atoms with Crippen LogP contribution in [0.15, 0.2) is 84.3 Å². The number of amides is 2. The summed E-state index contributed by atoms with van der Waals surface area (Å²) in [5.74, 6) is 0.681. The molecule has 4 N–H and O–H groups in total. The van der Waals surface area contributed by atoms with Gasteiger partial charge in [-0.3, -0.25) is 14.7 Å². The third kappa shape index (κ3) is 9.98. The number of carbonyl (C=O) groups is 2. The number of ether oxygens (including phenoxy) is 2. The van der Waals surface area contributed by atoms with E-state index in [9.17, 15) is 14.7 Å². The number of aromatic nitrogens is 3. The summed E-state index contributed by atoms with van der Waals surface area (Å²) in [6.07, 6.45) is 4.35. The lowest BCUT2D eigenvalue weighted by atomic mass is 9.99. The van der Waals surface area contributed by atoms with Gasteiger partial charge in [0.2, 0.25) is 11.8 Å². The molecule has 0 spiro atoms. The van der Waals surface area contributed by atoms with Gasteiger partial charge < -0.3 is 25.2 Å². The topological polar surface area (TPSA) is 138 Å². The molecule has 2 amide bonds. The Kier molecular flexibility index (Phi) is 12.4. The van der Waals surface area contributed by atoms with Crippen molar-refractivity contribution in [3.8, 4) is 11.1 Å². The molecule has 5 rings (SSSR count). The van der Waals surface area contributed by atoms with Crippen molar-refractivity contribution in [3.63, 3.8) is 0 Å². The van der Waals surface area contributed by atoms with Crippen molar-refractivity contribution < 1.29 is 24.2 Å². The number of aliphatic hydroxyl groups excluding tert-OH is 1. The molecule has 11 heteroatoms. The quantitative estimate of drug-likeness (QED) is 0.0969. The zero-order chi connectivity index (χ0) is 32.1. The van der Waals surface area contributed by atoms with Gasteiger partial charge in [-0.15, -0.1) is 0 Å². The van der Waals surface area contributed by atoms with Gasteiger partial charge in [0, 0.05) is 44.2 Å². The van der Waals surface area contributed by atoms with Crippen molar-refractivity contribution in [1.29, 1.82) is 0 Å². The van der Waals surface area contributed by atoms with Crippen LogP contribution in [0.1, 0.15) is 73.7 Å². The number of nitrogens with one attached hydrogen (secondary N) is 3. The van der Waals surface area contributed by atoms with Crippen LogP contribution in [0.3, 0.4) is 0 Å². The fourth-order valence-corrected chi connectivity index (χ4v) is 6.12. The largest absolute Gasteiger partial charge is 0.392 e. The lowest BCUT2D eigenvalue weighted by molar-refractivity contribution is -0.245. The normalized spacial score (nSPS) is 17.8. The zero-order valence-corrected chi connectivity index (χ0v) is 26.8. The van der Waals surface area contributed by atoms with Crippen molar-refractivity contribution in [2.24, 2.45) is 0 Å². The van der Waals surface area contributed by atoms with Gasteiger partial charge in [0.05, 0.1) is 18.8 Å². The zero-order valence-electron chi connectivity index (χ0n) is 26.0. The minimum Gasteiger partial charge on any atom is -0.392 e. The molecular formula is C35H41N5O5S. The first-order valence-corrected chi connectivity index (χ1v) is 16.6. The maximum atomic E-state index is 12.4. The predicted molar refractivity (Wildman–Crippen MR) is 176 cm³/mol. The molecule has 1 fully saturated rings. The Bertz CT molecular complexity index is 1550. The molecule has 1 aliphatic rings. The third-order valence-corrected chi connectivity index (χ3v) is 8.79. The number of H-pyrrole nitrogens is 1. The highest BCUT2D eigenvalue weighted by Crippen LogP contribution is 2.40. The van der Waals surface area contributed by atoms with Crippen molar-refractivity contribution in [1.82, 2.24) is 25.8 Å². The average Bonchev–Trinajstić information content (AvgIpc) is 3.62. The van der Waals surface area contributed by atoms with Gasteiger partial charge in [0.25, 0.3) is 0 Å². The molecule has 0 aliphatic carbocycles. The highest BCUT2D eigenvalue weighted by Gasteiger charge is 2.32. The van der Waals surface area contributed by atoms with E-state index in [1.165, 1.54) is 13.3 Å². The number of hydrogen-bond acceptors (Lipinski definition) is 8. The first kappa shape index (κ1) is 33.3. The maximum absolute atomic E-state index is 12.4. The summed E-state index contributed by atoms with van der Waals surface area (Å²) in [5, 5.41) is 22.9. The van der Waals surface area contributed by atoms with Gasteiger partial charge in [-0.05, 0) is 52.8 Å². The number of aliphatic hydroxyl groups is 1. The smallest absolute Gasteiger partial charge is 0.220 e. The van der Waals surface area contributed by atoms with Crippen LogP contribution in [0.4, 0.5) is 0 Å². The molecule has 1 saturated heterocycles. The molecule has 46 heavy (non-hydrogen) atoms. The second kappa shape index (κ2) is 17.0. The summed E-state index contributed by atoms with van der Waals surface area (Å²) in [5.41, 5.74) is 5.89. The molecule has 10 nitrogen and oxygen atoms in total. The van der Waals surface area contributed by atoms with E-state index in [1.807, 2.05) is 48.5 Å². The van der Waals surface area contributed by atoms with Crippen LogP contribution in [0, 0.1) is 0 Å². The minimum atomic E-state index is -0.572. The van der Waals surface area contributed by atoms with Crippen molar-refractivity contribution in [2.45, 2.75) is 75.8 Å². The van der Waals surface area contributed by atoms with E-state index in [2.05, 4.69) is 50.1 Å². The van der Waals surface area contributed by atoms with E-state index in [0.717, 1.165) is 57.8 Å². The Labute approximate surface area is 273 Å². The van der Waals surface area contributed by atoms with Crippen LogP contribution < -0.4 is 10.6 Å².